The zero-order valence-corrected chi connectivity index (χ0v) is 16.5. The molecule has 0 saturated carbocycles. The number of amides is 2. The van der Waals surface area contributed by atoms with Gasteiger partial charge < -0.3 is 15.5 Å². The highest BCUT2D eigenvalue weighted by atomic mass is 16.2. The van der Waals surface area contributed by atoms with E-state index in [2.05, 4.69) is 34.4 Å². The minimum absolute atomic E-state index is 0.201. The summed E-state index contributed by atoms with van der Waals surface area (Å²) in [4.78, 5) is 31.0. The van der Waals surface area contributed by atoms with Gasteiger partial charge in [-0.1, -0.05) is 32.0 Å². The average Bonchev–Trinajstić information content (AvgIpc) is 2.65. The molecular formula is C21H28N4O2. The van der Waals surface area contributed by atoms with Crippen molar-refractivity contribution in [3.8, 4) is 0 Å². The van der Waals surface area contributed by atoms with Crippen LogP contribution in [0.5, 0.6) is 0 Å². The number of hydrogen-bond donors (Lipinski definition) is 2. The minimum atomic E-state index is -0.328. The summed E-state index contributed by atoms with van der Waals surface area (Å²) in [6.45, 7) is 5.64. The number of pyridine rings is 1. The maximum absolute atomic E-state index is 12.6. The molecule has 0 atom stereocenters. The fourth-order valence-electron chi connectivity index (χ4n) is 2.70. The van der Waals surface area contributed by atoms with Crippen LogP contribution in [0.15, 0.2) is 42.6 Å². The SMILES string of the molecule is CC(C)c1ccccc1NC(=O)c1cc(C(=O)NCCCN(C)C)ccn1. The highest BCUT2D eigenvalue weighted by Crippen LogP contribution is 2.24. The topological polar surface area (TPSA) is 74.3 Å². The van der Waals surface area contributed by atoms with Gasteiger partial charge in [0, 0.05) is 24.0 Å². The zero-order chi connectivity index (χ0) is 19.8. The van der Waals surface area contributed by atoms with E-state index in [0.717, 1.165) is 24.2 Å². The van der Waals surface area contributed by atoms with Gasteiger partial charge in [0.2, 0.25) is 0 Å². The summed E-state index contributed by atoms with van der Waals surface area (Å²) < 4.78 is 0. The van der Waals surface area contributed by atoms with Gasteiger partial charge in [-0.2, -0.15) is 0 Å². The van der Waals surface area contributed by atoms with E-state index in [0.29, 0.717) is 12.1 Å². The monoisotopic (exact) mass is 368 g/mol. The van der Waals surface area contributed by atoms with Crippen LogP contribution in [0.25, 0.3) is 0 Å². The molecule has 6 nitrogen and oxygen atoms in total. The first-order valence-electron chi connectivity index (χ1n) is 9.17. The van der Waals surface area contributed by atoms with Crippen molar-refractivity contribution < 1.29 is 9.59 Å². The first kappa shape index (κ1) is 20.6. The lowest BCUT2D eigenvalue weighted by Crippen LogP contribution is -2.27. The molecule has 0 bridgehead atoms. The fourth-order valence-corrected chi connectivity index (χ4v) is 2.70. The lowest BCUT2D eigenvalue weighted by atomic mass is 10.0. The molecule has 0 radical (unpaired) electrons. The van der Waals surface area contributed by atoms with E-state index in [4.69, 9.17) is 0 Å². The number of hydrogen-bond acceptors (Lipinski definition) is 4. The zero-order valence-electron chi connectivity index (χ0n) is 16.5. The van der Waals surface area contributed by atoms with Crippen molar-refractivity contribution in [3.05, 3.63) is 59.4 Å². The first-order chi connectivity index (χ1) is 12.9. The molecule has 2 amide bonds. The van der Waals surface area contributed by atoms with Crippen LogP contribution in [0.4, 0.5) is 5.69 Å². The molecule has 0 aliphatic rings. The molecule has 0 aliphatic carbocycles. The Balaban J connectivity index is 2.04. The number of rotatable bonds is 8. The summed E-state index contributed by atoms with van der Waals surface area (Å²) in [5, 5.41) is 5.77. The molecule has 2 N–H and O–H groups in total. The van der Waals surface area contributed by atoms with Crippen molar-refractivity contribution in [3.63, 3.8) is 0 Å². The molecule has 6 heteroatoms. The largest absolute Gasteiger partial charge is 0.352 e. The molecule has 1 aromatic carbocycles. The van der Waals surface area contributed by atoms with Crippen LogP contribution in [0.1, 0.15) is 52.6 Å². The number of nitrogens with one attached hydrogen (secondary N) is 2. The summed E-state index contributed by atoms with van der Waals surface area (Å²) in [5.74, 6) is -0.244. The van der Waals surface area contributed by atoms with Gasteiger partial charge in [-0.25, -0.2) is 0 Å². The van der Waals surface area contributed by atoms with Crippen LogP contribution in [0, 0.1) is 0 Å². The number of para-hydroxylation sites is 1. The summed E-state index contributed by atoms with van der Waals surface area (Å²) in [7, 11) is 3.99. The smallest absolute Gasteiger partial charge is 0.274 e. The van der Waals surface area contributed by atoms with Gasteiger partial charge in [-0.15, -0.1) is 0 Å². The van der Waals surface area contributed by atoms with Crippen LogP contribution in [0.2, 0.25) is 0 Å². The van der Waals surface area contributed by atoms with E-state index in [1.54, 1.807) is 6.07 Å². The third-order valence-corrected chi connectivity index (χ3v) is 4.15. The van der Waals surface area contributed by atoms with Gasteiger partial charge in [0.1, 0.15) is 5.69 Å². The molecule has 0 aliphatic heterocycles. The highest BCUT2D eigenvalue weighted by molar-refractivity contribution is 6.05. The quantitative estimate of drug-likeness (QED) is 0.702. The lowest BCUT2D eigenvalue weighted by Gasteiger charge is -2.13. The standard InChI is InChI=1S/C21H28N4O2/c1-15(2)17-8-5-6-9-18(17)24-21(27)19-14-16(10-12-22-19)20(26)23-11-7-13-25(3)4/h5-6,8-10,12,14-15H,7,11,13H2,1-4H3,(H,23,26)(H,24,27). The van der Waals surface area contributed by atoms with Crippen molar-refractivity contribution in [1.82, 2.24) is 15.2 Å². The van der Waals surface area contributed by atoms with Gasteiger partial charge in [0.15, 0.2) is 0 Å². The number of carbonyl (C=O) groups excluding carboxylic acids is 2. The van der Waals surface area contributed by atoms with Gasteiger partial charge in [0.05, 0.1) is 0 Å². The molecule has 0 unspecified atom stereocenters. The molecular weight excluding hydrogens is 340 g/mol. The summed E-state index contributed by atoms with van der Waals surface area (Å²) in [6.07, 6.45) is 2.35. The minimum Gasteiger partial charge on any atom is -0.352 e. The van der Waals surface area contributed by atoms with E-state index in [9.17, 15) is 9.59 Å². The Morgan fingerprint density at radius 1 is 1.11 bits per heavy atom. The molecule has 1 heterocycles. The van der Waals surface area contributed by atoms with Gasteiger partial charge in [-0.3, -0.25) is 14.6 Å². The number of nitrogens with zero attached hydrogens (tertiary/aromatic N) is 2. The van der Waals surface area contributed by atoms with Crippen molar-refractivity contribution in [1.29, 1.82) is 0 Å². The third kappa shape index (κ3) is 6.18. The van der Waals surface area contributed by atoms with Gasteiger partial charge in [0.25, 0.3) is 11.8 Å². The summed E-state index contributed by atoms with van der Waals surface area (Å²) >= 11 is 0. The normalized spacial score (nSPS) is 10.9. The number of benzene rings is 1. The number of anilines is 1. The molecule has 2 rings (SSSR count). The average molecular weight is 368 g/mol. The van der Waals surface area contributed by atoms with E-state index < -0.39 is 0 Å². The lowest BCUT2D eigenvalue weighted by molar-refractivity contribution is 0.0952. The molecule has 2 aromatic rings. The molecule has 0 saturated heterocycles. The summed E-state index contributed by atoms with van der Waals surface area (Å²) in [6, 6.07) is 10.8. The number of aromatic nitrogens is 1. The second kappa shape index (κ2) is 9.83. The van der Waals surface area contributed by atoms with Crippen molar-refractivity contribution in [2.75, 3.05) is 32.5 Å². The Bertz CT molecular complexity index is 787. The maximum Gasteiger partial charge on any atom is 0.274 e. The van der Waals surface area contributed by atoms with Gasteiger partial charge in [-0.05, 0) is 56.7 Å². The van der Waals surface area contributed by atoms with E-state index >= 15 is 0 Å². The van der Waals surface area contributed by atoms with Crippen LogP contribution >= 0.6 is 0 Å². The Hall–Kier alpha value is -2.73. The van der Waals surface area contributed by atoms with Crippen molar-refractivity contribution in [2.45, 2.75) is 26.2 Å². The maximum atomic E-state index is 12.6. The van der Waals surface area contributed by atoms with Crippen molar-refractivity contribution in [2.24, 2.45) is 0 Å². The van der Waals surface area contributed by atoms with Crippen LogP contribution in [-0.2, 0) is 0 Å². The van der Waals surface area contributed by atoms with E-state index in [1.807, 2.05) is 38.4 Å². The van der Waals surface area contributed by atoms with E-state index in [-0.39, 0.29) is 23.4 Å². The van der Waals surface area contributed by atoms with Crippen LogP contribution < -0.4 is 10.6 Å². The molecule has 0 fully saturated rings. The molecule has 0 spiro atoms. The molecule has 144 valence electrons. The van der Waals surface area contributed by atoms with Crippen LogP contribution in [-0.4, -0.2) is 48.9 Å². The Morgan fingerprint density at radius 3 is 2.56 bits per heavy atom. The second-order valence-corrected chi connectivity index (χ2v) is 7.04. The Kier molecular flexibility index (Phi) is 7.49. The van der Waals surface area contributed by atoms with Crippen molar-refractivity contribution >= 4 is 17.5 Å². The second-order valence-electron chi connectivity index (χ2n) is 7.04. The predicted molar refractivity (Wildman–Crippen MR) is 108 cm³/mol. The van der Waals surface area contributed by atoms with Crippen LogP contribution in [0.3, 0.4) is 0 Å². The molecule has 27 heavy (non-hydrogen) atoms. The Labute approximate surface area is 161 Å². The Morgan fingerprint density at radius 2 is 1.85 bits per heavy atom. The molecule has 1 aromatic heterocycles. The summed E-state index contributed by atoms with van der Waals surface area (Å²) in [5.41, 5.74) is 2.46. The highest BCUT2D eigenvalue weighted by Gasteiger charge is 2.14. The van der Waals surface area contributed by atoms with E-state index in [1.165, 1.54) is 12.3 Å². The third-order valence-electron chi connectivity index (χ3n) is 4.15. The first-order valence-corrected chi connectivity index (χ1v) is 9.17. The number of carbonyl (C=O) groups is 2. The fraction of sp³-hybridized carbons (Fsp3) is 0.381. The van der Waals surface area contributed by atoms with Gasteiger partial charge >= 0.3 is 0 Å². The predicted octanol–water partition coefficient (Wildman–Crippen LogP) is 3.14.